The molecular weight excluding hydrogens is 462 g/mol. The number of halogens is 6. The normalized spacial score (nSPS) is 25.9. The van der Waals surface area contributed by atoms with Crippen molar-refractivity contribution in [2.24, 2.45) is 17.8 Å². The van der Waals surface area contributed by atoms with Gasteiger partial charge in [0.2, 0.25) is 0 Å². The molecule has 0 aliphatic heterocycles. The van der Waals surface area contributed by atoms with E-state index in [1.807, 2.05) is 0 Å². The van der Waals surface area contributed by atoms with Gasteiger partial charge in [-0.2, -0.15) is 0 Å². The minimum Gasteiger partial charge on any atom is -0.206 e. The van der Waals surface area contributed by atoms with Gasteiger partial charge < -0.3 is 0 Å². The molecule has 35 heavy (non-hydrogen) atoms. The Morgan fingerprint density at radius 2 is 1.29 bits per heavy atom. The molecule has 0 heterocycles. The molecule has 0 aromatic heterocycles. The molecule has 4 rings (SSSR count). The van der Waals surface area contributed by atoms with Crippen molar-refractivity contribution in [3.05, 3.63) is 70.3 Å². The smallest absolute Gasteiger partial charge is 0.194 e. The third kappa shape index (κ3) is 5.78. The zero-order valence-corrected chi connectivity index (χ0v) is 20.0. The highest BCUT2D eigenvalue weighted by Gasteiger charge is 2.31. The molecule has 2 saturated carbocycles. The highest BCUT2D eigenvalue weighted by atomic mass is 19.2. The van der Waals surface area contributed by atoms with Crippen molar-refractivity contribution in [2.45, 2.75) is 77.0 Å². The summed E-state index contributed by atoms with van der Waals surface area (Å²) in [6, 6.07) is 4.67. The van der Waals surface area contributed by atoms with Crippen LogP contribution in [0.25, 0.3) is 11.7 Å². The van der Waals surface area contributed by atoms with Gasteiger partial charge in [0, 0.05) is 11.1 Å². The number of benzene rings is 2. The maximum absolute atomic E-state index is 14.8. The van der Waals surface area contributed by atoms with Gasteiger partial charge >= 0.3 is 0 Å². The van der Waals surface area contributed by atoms with E-state index in [0.717, 1.165) is 49.1 Å². The fraction of sp³-hybridized carbons (Fsp3) is 0.517. The molecule has 2 aromatic rings. The second kappa shape index (κ2) is 11.2. The molecular formula is C29H32F6. The minimum atomic E-state index is -1.78. The molecule has 2 fully saturated rings. The second-order valence-electron chi connectivity index (χ2n) is 10.3. The summed E-state index contributed by atoms with van der Waals surface area (Å²) < 4.78 is 83.9. The largest absolute Gasteiger partial charge is 0.206 e. The van der Waals surface area contributed by atoms with Crippen molar-refractivity contribution in [2.75, 3.05) is 0 Å². The van der Waals surface area contributed by atoms with Crippen LogP contribution >= 0.6 is 0 Å². The Kier molecular flexibility index (Phi) is 8.28. The monoisotopic (exact) mass is 494 g/mol. The average molecular weight is 495 g/mol. The van der Waals surface area contributed by atoms with Crippen LogP contribution in [0, 0.1) is 41.0 Å². The molecule has 0 N–H and O–H groups in total. The molecule has 6 heteroatoms. The quantitative estimate of drug-likeness (QED) is 0.213. The molecule has 2 aliphatic rings. The summed E-state index contributed by atoms with van der Waals surface area (Å²) in [5.41, 5.74) is -0.707. The van der Waals surface area contributed by atoms with Gasteiger partial charge in [0.05, 0.1) is 0 Å². The Bertz CT molecular complexity index is 1040. The summed E-state index contributed by atoms with van der Waals surface area (Å²) >= 11 is 0. The first kappa shape index (κ1) is 25.8. The molecule has 2 aliphatic carbocycles. The fourth-order valence-electron chi connectivity index (χ4n) is 6.17. The van der Waals surface area contributed by atoms with Crippen LogP contribution in [0.1, 0.15) is 93.7 Å². The fourth-order valence-corrected chi connectivity index (χ4v) is 6.17. The maximum Gasteiger partial charge on any atom is 0.194 e. The summed E-state index contributed by atoms with van der Waals surface area (Å²) in [5.74, 6) is -6.70. The highest BCUT2D eigenvalue weighted by molar-refractivity contribution is 5.83. The van der Waals surface area contributed by atoms with Crippen molar-refractivity contribution in [3.63, 3.8) is 0 Å². The molecule has 0 radical (unpaired) electrons. The SMILES string of the molecule is CCCC1CCC(C2CCC(c3ccc(C(F)=C(F)c4cc(F)c(F)c(F)c4)c(F)c3)CC2)CC1. The summed E-state index contributed by atoms with van der Waals surface area (Å²) in [6.07, 6.45) is 12.0. The summed E-state index contributed by atoms with van der Waals surface area (Å²) in [4.78, 5) is 0. The molecule has 0 atom stereocenters. The van der Waals surface area contributed by atoms with Crippen molar-refractivity contribution < 1.29 is 26.3 Å². The first-order valence-electron chi connectivity index (χ1n) is 12.8. The third-order valence-electron chi connectivity index (χ3n) is 8.16. The molecule has 0 saturated heterocycles. The van der Waals surface area contributed by atoms with E-state index in [0.29, 0.717) is 18.1 Å². The van der Waals surface area contributed by atoms with Crippen LogP contribution in [-0.4, -0.2) is 0 Å². The number of rotatable bonds is 6. The van der Waals surface area contributed by atoms with E-state index < -0.39 is 46.0 Å². The molecule has 0 spiro atoms. The molecule has 0 bridgehead atoms. The van der Waals surface area contributed by atoms with E-state index in [1.165, 1.54) is 44.6 Å². The lowest BCUT2D eigenvalue weighted by Crippen LogP contribution is -2.25. The van der Waals surface area contributed by atoms with E-state index in [9.17, 15) is 26.3 Å². The Balaban J connectivity index is 1.41. The summed E-state index contributed by atoms with van der Waals surface area (Å²) in [7, 11) is 0. The second-order valence-corrected chi connectivity index (χ2v) is 10.3. The Hall–Kier alpha value is -2.24. The van der Waals surface area contributed by atoms with E-state index >= 15 is 0 Å². The predicted molar refractivity (Wildman–Crippen MR) is 127 cm³/mol. The van der Waals surface area contributed by atoms with Crippen molar-refractivity contribution in [1.29, 1.82) is 0 Å². The van der Waals surface area contributed by atoms with Gasteiger partial charge in [0.25, 0.3) is 0 Å². The standard InChI is InChI=1S/C29H32F6/c1-2-3-17-4-6-18(7-5-17)19-8-10-20(11-9-19)21-12-13-23(24(30)14-21)28(34)27(33)22-15-25(31)29(35)26(32)16-22/h12-20H,2-11H2,1H3. The van der Waals surface area contributed by atoms with Gasteiger partial charge in [-0.15, -0.1) is 0 Å². The van der Waals surface area contributed by atoms with Crippen molar-refractivity contribution in [3.8, 4) is 0 Å². The van der Waals surface area contributed by atoms with E-state index in [2.05, 4.69) is 6.92 Å². The van der Waals surface area contributed by atoms with Crippen LogP contribution < -0.4 is 0 Å². The van der Waals surface area contributed by atoms with E-state index in [4.69, 9.17) is 0 Å². The molecule has 0 unspecified atom stereocenters. The van der Waals surface area contributed by atoms with Crippen LogP contribution in [0.2, 0.25) is 0 Å². The van der Waals surface area contributed by atoms with Gasteiger partial charge in [0.1, 0.15) is 5.82 Å². The van der Waals surface area contributed by atoms with Gasteiger partial charge in [0.15, 0.2) is 29.1 Å². The molecule has 0 nitrogen and oxygen atoms in total. The van der Waals surface area contributed by atoms with Crippen LogP contribution in [0.5, 0.6) is 0 Å². The lowest BCUT2D eigenvalue weighted by atomic mass is 9.68. The number of hydrogen-bond acceptors (Lipinski definition) is 0. The topological polar surface area (TPSA) is 0 Å². The summed E-state index contributed by atoms with van der Waals surface area (Å²) in [5, 5.41) is 0. The van der Waals surface area contributed by atoms with Crippen LogP contribution in [0.4, 0.5) is 26.3 Å². The van der Waals surface area contributed by atoms with Gasteiger partial charge in [-0.3, -0.25) is 0 Å². The van der Waals surface area contributed by atoms with Gasteiger partial charge in [-0.05, 0) is 92.0 Å². The zero-order chi connectivity index (χ0) is 25.1. The molecule has 0 amide bonds. The van der Waals surface area contributed by atoms with Crippen LogP contribution in [0.15, 0.2) is 30.3 Å². The Morgan fingerprint density at radius 1 is 0.714 bits per heavy atom. The summed E-state index contributed by atoms with van der Waals surface area (Å²) in [6.45, 7) is 2.25. The van der Waals surface area contributed by atoms with Gasteiger partial charge in [-0.25, -0.2) is 26.3 Å². The molecule has 2 aromatic carbocycles. The lowest BCUT2D eigenvalue weighted by molar-refractivity contribution is 0.156. The van der Waals surface area contributed by atoms with Crippen LogP contribution in [0.3, 0.4) is 0 Å². The first-order valence-corrected chi connectivity index (χ1v) is 12.8. The van der Waals surface area contributed by atoms with E-state index in [-0.39, 0.29) is 5.92 Å². The van der Waals surface area contributed by atoms with Crippen molar-refractivity contribution >= 4 is 11.7 Å². The maximum atomic E-state index is 14.8. The Morgan fingerprint density at radius 3 is 1.83 bits per heavy atom. The predicted octanol–water partition coefficient (Wildman–Crippen LogP) is 9.89. The molecule has 190 valence electrons. The van der Waals surface area contributed by atoms with E-state index in [1.54, 1.807) is 6.07 Å². The first-order chi connectivity index (χ1) is 16.8. The van der Waals surface area contributed by atoms with Crippen molar-refractivity contribution in [1.82, 2.24) is 0 Å². The Labute approximate surface area is 203 Å². The number of hydrogen-bond donors (Lipinski definition) is 0. The third-order valence-corrected chi connectivity index (χ3v) is 8.16. The minimum absolute atomic E-state index is 0.170. The average Bonchev–Trinajstić information content (AvgIpc) is 2.87. The van der Waals surface area contributed by atoms with Gasteiger partial charge in [-0.1, -0.05) is 38.7 Å². The highest BCUT2D eigenvalue weighted by Crippen LogP contribution is 2.45. The zero-order valence-electron chi connectivity index (χ0n) is 20.0. The van der Waals surface area contributed by atoms with Crippen LogP contribution in [-0.2, 0) is 0 Å². The lowest BCUT2D eigenvalue weighted by Gasteiger charge is -2.38.